The van der Waals surface area contributed by atoms with E-state index in [1.807, 2.05) is 6.92 Å². The fourth-order valence-electron chi connectivity index (χ4n) is 0.675. The standard InChI is InChI=1S/C6H9N3O2/c1-2-5-3-4-9(8-5)11-6(7)10/h3-4H,2H2,1H3,(H2,7,10). The van der Waals surface area contributed by atoms with Crippen molar-refractivity contribution >= 4 is 6.09 Å². The van der Waals surface area contributed by atoms with Crippen molar-refractivity contribution in [1.82, 2.24) is 9.94 Å². The lowest BCUT2D eigenvalue weighted by atomic mass is 10.4. The van der Waals surface area contributed by atoms with Crippen LogP contribution >= 0.6 is 0 Å². The maximum Gasteiger partial charge on any atom is 0.430 e. The Balaban J connectivity index is 2.65. The van der Waals surface area contributed by atoms with E-state index in [0.717, 1.165) is 17.0 Å². The lowest BCUT2D eigenvalue weighted by Gasteiger charge is -1.95. The molecule has 0 fully saturated rings. The molecule has 1 amide bonds. The normalized spacial score (nSPS) is 9.55. The average Bonchev–Trinajstić information content (AvgIpc) is 2.34. The average molecular weight is 155 g/mol. The van der Waals surface area contributed by atoms with Crippen LogP contribution in [0.3, 0.4) is 0 Å². The van der Waals surface area contributed by atoms with Crippen LogP contribution in [0.5, 0.6) is 0 Å². The highest BCUT2D eigenvalue weighted by Crippen LogP contribution is 1.93. The predicted octanol–water partition coefficient (Wildman–Crippen LogP) is -0.0472. The van der Waals surface area contributed by atoms with E-state index in [4.69, 9.17) is 5.73 Å². The van der Waals surface area contributed by atoms with Crippen LogP contribution in [0.4, 0.5) is 4.79 Å². The van der Waals surface area contributed by atoms with Crippen molar-refractivity contribution in [3.05, 3.63) is 18.0 Å². The molecule has 1 aromatic heterocycles. The van der Waals surface area contributed by atoms with Crippen molar-refractivity contribution < 1.29 is 9.63 Å². The predicted molar refractivity (Wildman–Crippen MR) is 37.8 cm³/mol. The number of primary amides is 1. The summed E-state index contributed by atoms with van der Waals surface area (Å²) in [6.45, 7) is 1.96. The quantitative estimate of drug-likeness (QED) is 0.651. The molecule has 0 atom stereocenters. The van der Waals surface area contributed by atoms with E-state index in [-0.39, 0.29) is 0 Å². The Bertz CT molecular complexity index is 256. The van der Waals surface area contributed by atoms with Crippen LogP contribution in [0.1, 0.15) is 12.6 Å². The van der Waals surface area contributed by atoms with Gasteiger partial charge in [-0.2, -0.15) is 0 Å². The first kappa shape index (κ1) is 7.59. The Hall–Kier alpha value is -1.52. The number of rotatable bonds is 2. The van der Waals surface area contributed by atoms with Crippen molar-refractivity contribution in [3.8, 4) is 0 Å². The first-order valence-electron chi connectivity index (χ1n) is 3.24. The van der Waals surface area contributed by atoms with E-state index in [1.54, 1.807) is 6.07 Å². The molecule has 0 saturated carbocycles. The van der Waals surface area contributed by atoms with Gasteiger partial charge in [0.2, 0.25) is 0 Å². The molecule has 0 spiro atoms. The summed E-state index contributed by atoms with van der Waals surface area (Å²) in [6.07, 6.45) is 1.47. The number of amides is 1. The molecule has 1 aromatic rings. The molecule has 0 aliphatic heterocycles. The molecule has 60 valence electrons. The van der Waals surface area contributed by atoms with Gasteiger partial charge in [0.1, 0.15) is 0 Å². The Morgan fingerprint density at radius 1 is 1.91 bits per heavy atom. The summed E-state index contributed by atoms with van der Waals surface area (Å²) < 4.78 is 0. The minimum atomic E-state index is -0.865. The molecule has 0 saturated heterocycles. The zero-order valence-corrected chi connectivity index (χ0v) is 6.15. The van der Waals surface area contributed by atoms with E-state index in [1.165, 1.54) is 6.20 Å². The minimum Gasteiger partial charge on any atom is -0.333 e. The molecular weight excluding hydrogens is 146 g/mol. The van der Waals surface area contributed by atoms with Gasteiger partial charge in [0.25, 0.3) is 0 Å². The lowest BCUT2D eigenvalue weighted by molar-refractivity contribution is 0.125. The third kappa shape index (κ3) is 1.96. The van der Waals surface area contributed by atoms with Gasteiger partial charge in [-0.3, -0.25) is 4.84 Å². The Kier molecular flexibility index (Phi) is 2.10. The van der Waals surface area contributed by atoms with Crippen LogP contribution in [0, 0.1) is 0 Å². The smallest absolute Gasteiger partial charge is 0.333 e. The molecule has 1 heterocycles. The SMILES string of the molecule is CCc1ccn(OC(N)=O)n1. The summed E-state index contributed by atoms with van der Waals surface area (Å²) in [5.74, 6) is 0. The molecule has 5 heteroatoms. The molecule has 0 bridgehead atoms. The number of hydrogen-bond acceptors (Lipinski definition) is 3. The molecule has 0 aliphatic carbocycles. The van der Waals surface area contributed by atoms with Crippen LogP contribution < -0.4 is 10.6 Å². The molecule has 0 aliphatic rings. The summed E-state index contributed by atoms with van der Waals surface area (Å²) in [7, 11) is 0. The highest BCUT2D eigenvalue weighted by atomic mass is 16.7. The lowest BCUT2D eigenvalue weighted by Crippen LogP contribution is -2.25. The summed E-state index contributed by atoms with van der Waals surface area (Å²) >= 11 is 0. The fraction of sp³-hybridized carbons (Fsp3) is 0.333. The largest absolute Gasteiger partial charge is 0.430 e. The van der Waals surface area contributed by atoms with Crippen LogP contribution in [0.2, 0.25) is 0 Å². The highest BCUT2D eigenvalue weighted by molar-refractivity contribution is 5.64. The Labute approximate surface area is 63.7 Å². The molecule has 0 aromatic carbocycles. The topological polar surface area (TPSA) is 70.1 Å². The maximum atomic E-state index is 10.2. The van der Waals surface area contributed by atoms with Crippen molar-refractivity contribution in [1.29, 1.82) is 0 Å². The molecule has 0 unspecified atom stereocenters. The van der Waals surface area contributed by atoms with Gasteiger partial charge in [-0.05, 0) is 12.5 Å². The van der Waals surface area contributed by atoms with Crippen molar-refractivity contribution in [3.63, 3.8) is 0 Å². The highest BCUT2D eigenvalue weighted by Gasteiger charge is 1.98. The molecule has 2 N–H and O–H groups in total. The van der Waals surface area contributed by atoms with Crippen LogP contribution in [0.15, 0.2) is 12.3 Å². The third-order valence-electron chi connectivity index (χ3n) is 1.17. The second-order valence-electron chi connectivity index (χ2n) is 1.97. The van der Waals surface area contributed by atoms with Crippen molar-refractivity contribution in [2.75, 3.05) is 0 Å². The Morgan fingerprint density at radius 3 is 3.09 bits per heavy atom. The van der Waals surface area contributed by atoms with Gasteiger partial charge in [-0.25, -0.2) is 4.79 Å². The van der Waals surface area contributed by atoms with E-state index in [0.29, 0.717) is 0 Å². The van der Waals surface area contributed by atoms with Crippen molar-refractivity contribution in [2.24, 2.45) is 5.73 Å². The molecular formula is C6H9N3O2. The van der Waals surface area contributed by atoms with Crippen molar-refractivity contribution in [2.45, 2.75) is 13.3 Å². The molecule has 1 rings (SSSR count). The van der Waals surface area contributed by atoms with Gasteiger partial charge < -0.3 is 5.73 Å². The van der Waals surface area contributed by atoms with Gasteiger partial charge in [0, 0.05) is 0 Å². The van der Waals surface area contributed by atoms with E-state index in [2.05, 4.69) is 9.94 Å². The summed E-state index contributed by atoms with van der Waals surface area (Å²) in [5.41, 5.74) is 5.61. The number of carbonyl (C=O) groups is 1. The third-order valence-corrected chi connectivity index (χ3v) is 1.17. The van der Waals surface area contributed by atoms with Gasteiger partial charge in [0.05, 0.1) is 11.9 Å². The van der Waals surface area contributed by atoms with Crippen LogP contribution in [-0.2, 0) is 6.42 Å². The number of aromatic nitrogens is 2. The Morgan fingerprint density at radius 2 is 2.64 bits per heavy atom. The second kappa shape index (κ2) is 3.05. The monoisotopic (exact) mass is 155 g/mol. The van der Waals surface area contributed by atoms with Gasteiger partial charge in [0.15, 0.2) is 0 Å². The molecule has 11 heavy (non-hydrogen) atoms. The van der Waals surface area contributed by atoms with Gasteiger partial charge in [-0.1, -0.05) is 11.8 Å². The zero-order chi connectivity index (χ0) is 8.27. The summed E-state index contributed by atoms with van der Waals surface area (Å²) in [6, 6.07) is 1.75. The second-order valence-corrected chi connectivity index (χ2v) is 1.97. The minimum absolute atomic E-state index is 0.801. The van der Waals surface area contributed by atoms with E-state index >= 15 is 0 Å². The molecule has 5 nitrogen and oxygen atoms in total. The number of aryl methyl sites for hydroxylation is 1. The number of nitrogens with zero attached hydrogens (tertiary/aromatic N) is 2. The van der Waals surface area contributed by atoms with E-state index in [9.17, 15) is 4.79 Å². The van der Waals surface area contributed by atoms with Gasteiger partial charge in [-0.15, -0.1) is 5.10 Å². The number of hydrogen-bond donors (Lipinski definition) is 1. The molecule has 0 radical (unpaired) electrons. The first-order chi connectivity index (χ1) is 5.22. The fourth-order valence-corrected chi connectivity index (χ4v) is 0.675. The number of nitrogens with two attached hydrogens (primary N) is 1. The summed E-state index contributed by atoms with van der Waals surface area (Å²) in [4.78, 5) is 15.7. The first-order valence-corrected chi connectivity index (χ1v) is 3.24. The number of carbonyl (C=O) groups excluding carboxylic acids is 1. The van der Waals surface area contributed by atoms with Gasteiger partial charge >= 0.3 is 6.09 Å². The van der Waals surface area contributed by atoms with Crippen LogP contribution in [-0.4, -0.2) is 16.0 Å². The van der Waals surface area contributed by atoms with Crippen LogP contribution in [0.25, 0.3) is 0 Å². The van der Waals surface area contributed by atoms with E-state index < -0.39 is 6.09 Å². The summed E-state index contributed by atoms with van der Waals surface area (Å²) in [5, 5.41) is 3.86. The zero-order valence-electron chi connectivity index (χ0n) is 6.15. The maximum absolute atomic E-state index is 10.2.